The van der Waals surface area contributed by atoms with Gasteiger partial charge in [0.15, 0.2) is 5.82 Å². The Morgan fingerprint density at radius 3 is 2.42 bits per heavy atom. The van der Waals surface area contributed by atoms with Gasteiger partial charge in [0, 0.05) is 44.6 Å². The summed E-state index contributed by atoms with van der Waals surface area (Å²) in [6.45, 7) is 0. The summed E-state index contributed by atoms with van der Waals surface area (Å²) < 4.78 is 1.37. The number of hydrogen-bond donors (Lipinski definition) is 1. The number of nitrogens with zero attached hydrogens (tertiary/aromatic N) is 10. The van der Waals surface area contributed by atoms with Crippen molar-refractivity contribution in [1.82, 2.24) is 29.7 Å². The van der Waals surface area contributed by atoms with Crippen LogP contribution in [0.3, 0.4) is 0 Å². The Kier molecular flexibility index (Phi) is 5.53. The first kappa shape index (κ1) is 19.6. The van der Waals surface area contributed by atoms with Crippen LogP contribution in [0.1, 0.15) is 5.56 Å². The van der Waals surface area contributed by atoms with Crippen LogP contribution in [-0.4, -0.2) is 43.8 Å². The van der Waals surface area contributed by atoms with E-state index in [4.69, 9.17) is 0 Å². The van der Waals surface area contributed by atoms with Crippen LogP contribution in [0, 0.1) is 11.3 Å². The van der Waals surface area contributed by atoms with E-state index in [0.29, 0.717) is 17.6 Å². The van der Waals surface area contributed by atoms with E-state index in [9.17, 15) is 5.26 Å². The largest absolute Gasteiger partial charge is 0.386 e. The topological polar surface area (TPSA) is 133 Å². The number of hydrogen-bond acceptors (Lipinski definition) is 10. The van der Waals surface area contributed by atoms with E-state index >= 15 is 0 Å². The average Bonchev–Trinajstić information content (AvgIpc) is 3.26. The lowest BCUT2D eigenvalue weighted by Gasteiger charge is -2.18. The molecule has 0 spiro atoms. The number of anilines is 3. The smallest absolute Gasteiger partial charge is 0.252 e. The first-order valence-corrected chi connectivity index (χ1v) is 9.21. The summed E-state index contributed by atoms with van der Waals surface area (Å²) >= 11 is 0. The maximum absolute atomic E-state index is 9.41. The van der Waals surface area contributed by atoms with Crippen molar-refractivity contribution in [1.29, 1.82) is 5.26 Å². The normalized spacial score (nSPS) is 10.7. The molecule has 152 valence electrons. The van der Waals surface area contributed by atoms with Gasteiger partial charge in [0.25, 0.3) is 5.95 Å². The van der Waals surface area contributed by atoms with E-state index in [-0.39, 0.29) is 11.4 Å². The maximum Gasteiger partial charge on any atom is 0.252 e. The van der Waals surface area contributed by atoms with Gasteiger partial charge in [0.1, 0.15) is 17.3 Å². The minimum absolute atomic E-state index is 0.245. The van der Waals surface area contributed by atoms with Crippen LogP contribution in [-0.2, 0) is 0 Å². The average molecular weight is 411 g/mol. The fraction of sp³-hybridized carbons (Fsp3) is 0.100. The third-order valence-electron chi connectivity index (χ3n) is 4.35. The standard InChI is InChI=1S/C20H17N11/c1-22-17-11-15(30(2)19-23-7-3-8-24-19)5-6-16(17)28-29-18-14(12-21)13-27-31(18)20-25-9-4-10-26-20/h3-11,13,22H,1-2H3/b29-28+. The molecule has 0 unspecified atom stereocenters. The molecule has 4 rings (SSSR count). The van der Waals surface area contributed by atoms with Gasteiger partial charge in [-0.05, 0) is 30.3 Å². The molecule has 3 heterocycles. The Morgan fingerprint density at radius 1 is 1.03 bits per heavy atom. The third kappa shape index (κ3) is 4.03. The number of benzene rings is 1. The number of nitrogens with one attached hydrogen (secondary N) is 1. The zero-order valence-electron chi connectivity index (χ0n) is 16.7. The van der Waals surface area contributed by atoms with E-state index in [2.05, 4.69) is 46.6 Å². The Bertz CT molecular complexity index is 1240. The van der Waals surface area contributed by atoms with Crippen LogP contribution in [0.15, 0.2) is 71.5 Å². The van der Waals surface area contributed by atoms with Gasteiger partial charge in [-0.2, -0.15) is 15.0 Å². The van der Waals surface area contributed by atoms with Crippen LogP contribution in [0.4, 0.5) is 28.8 Å². The molecule has 0 saturated heterocycles. The molecule has 0 aliphatic heterocycles. The molecule has 1 N–H and O–H groups in total. The van der Waals surface area contributed by atoms with Gasteiger partial charge in [-0.3, -0.25) is 0 Å². The predicted octanol–water partition coefficient (Wildman–Crippen LogP) is 3.55. The Hall–Kier alpha value is -4.72. The van der Waals surface area contributed by atoms with E-state index in [1.807, 2.05) is 30.1 Å². The molecule has 31 heavy (non-hydrogen) atoms. The minimum Gasteiger partial charge on any atom is -0.386 e. The summed E-state index contributed by atoms with van der Waals surface area (Å²) in [5.41, 5.74) is 2.46. The molecule has 0 amide bonds. The van der Waals surface area contributed by atoms with E-state index < -0.39 is 0 Å². The number of nitriles is 1. The molecular formula is C20H17N11. The van der Waals surface area contributed by atoms with Gasteiger partial charge >= 0.3 is 0 Å². The predicted molar refractivity (Wildman–Crippen MR) is 114 cm³/mol. The molecule has 0 aliphatic carbocycles. The van der Waals surface area contributed by atoms with Crippen LogP contribution in [0.5, 0.6) is 0 Å². The third-order valence-corrected chi connectivity index (χ3v) is 4.35. The van der Waals surface area contributed by atoms with E-state index in [1.165, 1.54) is 10.9 Å². The summed E-state index contributed by atoms with van der Waals surface area (Å²) in [6, 6.07) is 11.1. The summed E-state index contributed by atoms with van der Waals surface area (Å²) in [6.07, 6.45) is 7.95. The SMILES string of the molecule is CNc1cc(N(C)c2ncccn2)ccc1/N=N/c1c(C#N)cnn1-c1ncccn1. The summed E-state index contributed by atoms with van der Waals surface area (Å²) in [5.74, 6) is 1.12. The van der Waals surface area contributed by atoms with Crippen molar-refractivity contribution in [2.45, 2.75) is 0 Å². The first-order valence-electron chi connectivity index (χ1n) is 9.21. The molecule has 0 fully saturated rings. The summed E-state index contributed by atoms with van der Waals surface area (Å²) in [5, 5.41) is 25.3. The molecule has 0 atom stereocenters. The lowest BCUT2D eigenvalue weighted by molar-refractivity contribution is 0.803. The van der Waals surface area contributed by atoms with Crippen molar-refractivity contribution >= 4 is 28.8 Å². The van der Waals surface area contributed by atoms with Gasteiger partial charge in [-0.1, -0.05) is 0 Å². The number of azo groups is 1. The molecule has 1 aromatic carbocycles. The number of rotatable bonds is 6. The molecule has 11 heteroatoms. The molecule has 0 bridgehead atoms. The monoisotopic (exact) mass is 411 g/mol. The second kappa shape index (κ2) is 8.75. The van der Waals surface area contributed by atoms with E-state index in [1.54, 1.807) is 44.0 Å². The second-order valence-electron chi connectivity index (χ2n) is 6.21. The molecular weight excluding hydrogens is 394 g/mol. The van der Waals surface area contributed by atoms with Gasteiger partial charge < -0.3 is 10.2 Å². The lowest BCUT2D eigenvalue weighted by Crippen LogP contribution is -2.12. The van der Waals surface area contributed by atoms with Crippen molar-refractivity contribution in [3.05, 3.63) is 66.9 Å². The Morgan fingerprint density at radius 2 is 1.74 bits per heavy atom. The van der Waals surface area contributed by atoms with Gasteiger partial charge in [-0.25, -0.2) is 19.9 Å². The molecule has 11 nitrogen and oxygen atoms in total. The van der Waals surface area contributed by atoms with Crippen molar-refractivity contribution in [3.63, 3.8) is 0 Å². The van der Waals surface area contributed by atoms with Crippen molar-refractivity contribution in [2.75, 3.05) is 24.3 Å². The van der Waals surface area contributed by atoms with Gasteiger partial charge in [-0.15, -0.1) is 10.2 Å². The van der Waals surface area contributed by atoms with Gasteiger partial charge in [0.05, 0.1) is 11.9 Å². The first-order chi connectivity index (χ1) is 15.2. The molecule has 3 aromatic heterocycles. The van der Waals surface area contributed by atoms with Crippen LogP contribution in [0.2, 0.25) is 0 Å². The Labute approximate surface area is 177 Å². The lowest BCUT2D eigenvalue weighted by atomic mass is 10.2. The maximum atomic E-state index is 9.41. The highest BCUT2D eigenvalue weighted by Crippen LogP contribution is 2.33. The Balaban J connectivity index is 1.68. The molecule has 0 radical (unpaired) electrons. The second-order valence-corrected chi connectivity index (χ2v) is 6.21. The zero-order chi connectivity index (χ0) is 21.6. The summed E-state index contributed by atoms with van der Waals surface area (Å²) in [4.78, 5) is 18.7. The fourth-order valence-corrected chi connectivity index (χ4v) is 2.77. The van der Waals surface area contributed by atoms with Crippen LogP contribution >= 0.6 is 0 Å². The molecule has 0 aliphatic rings. The highest BCUT2D eigenvalue weighted by molar-refractivity contribution is 5.73. The fourth-order valence-electron chi connectivity index (χ4n) is 2.77. The van der Waals surface area contributed by atoms with Crippen molar-refractivity contribution in [2.24, 2.45) is 10.2 Å². The quantitative estimate of drug-likeness (QED) is 0.476. The zero-order valence-corrected chi connectivity index (χ0v) is 16.7. The van der Waals surface area contributed by atoms with Crippen molar-refractivity contribution < 1.29 is 0 Å². The molecule has 0 saturated carbocycles. The van der Waals surface area contributed by atoms with Crippen LogP contribution < -0.4 is 10.2 Å². The highest BCUT2D eigenvalue weighted by atomic mass is 15.4. The summed E-state index contributed by atoms with van der Waals surface area (Å²) in [7, 11) is 3.67. The molecule has 4 aromatic rings. The number of aromatic nitrogens is 6. The van der Waals surface area contributed by atoms with Gasteiger partial charge in [0.2, 0.25) is 5.95 Å². The highest BCUT2D eigenvalue weighted by Gasteiger charge is 2.14. The van der Waals surface area contributed by atoms with E-state index in [0.717, 1.165) is 11.4 Å². The van der Waals surface area contributed by atoms with Crippen LogP contribution in [0.25, 0.3) is 5.95 Å². The van der Waals surface area contributed by atoms with Crippen molar-refractivity contribution in [3.8, 4) is 12.0 Å². The minimum atomic E-state index is 0.245.